The van der Waals surface area contributed by atoms with Gasteiger partial charge in [0.1, 0.15) is 30.0 Å². The minimum Gasteiger partial charge on any atom is -0.508 e. The molecule has 0 spiro atoms. The van der Waals surface area contributed by atoms with Crippen LogP contribution >= 0.6 is 0 Å². The lowest BCUT2D eigenvalue weighted by atomic mass is 9.84. The van der Waals surface area contributed by atoms with Crippen LogP contribution in [-0.4, -0.2) is 105 Å². The fourth-order valence-corrected chi connectivity index (χ4v) is 8.55. The van der Waals surface area contributed by atoms with Crippen LogP contribution in [0.4, 0.5) is 0 Å². The van der Waals surface area contributed by atoms with E-state index >= 15 is 0 Å². The number of ether oxygens (including phenoxy) is 2. The summed E-state index contributed by atoms with van der Waals surface area (Å²) in [6, 6.07) is 10.3. The number of phenolic OH excluding ortho intramolecular Hbond substituents is 1. The number of aromatic hydroxyl groups is 1. The van der Waals surface area contributed by atoms with E-state index in [0.29, 0.717) is 43.5 Å². The lowest BCUT2D eigenvalue weighted by molar-refractivity contribution is -0.155. The number of carbonyl (C=O) groups is 4. The Kier molecular flexibility index (Phi) is 13.1. The van der Waals surface area contributed by atoms with Gasteiger partial charge in [0.05, 0.1) is 18.9 Å². The SMILES string of the molecule is CCn1c(-c2cnccc2COC)c2c3cc(ccc31)-c1cc(O)cc(c1)C[C@H](NC(=O)C(C(C)C)N(C)C(=O)[C@H](C)O)C(=O)N1CCC[C@H](N1)C(=O)OCC(C)(C)C2. The Bertz CT molecular complexity index is 2210. The van der Waals surface area contributed by atoms with Crippen molar-refractivity contribution in [2.24, 2.45) is 11.3 Å². The third-order valence-corrected chi connectivity index (χ3v) is 11.3. The largest absolute Gasteiger partial charge is 0.508 e. The number of phenols is 1. The minimum absolute atomic E-state index is 0.0144. The number of rotatable bonds is 9. The van der Waals surface area contributed by atoms with E-state index in [1.807, 2.05) is 24.4 Å². The van der Waals surface area contributed by atoms with E-state index in [4.69, 9.17) is 9.47 Å². The van der Waals surface area contributed by atoms with Gasteiger partial charge >= 0.3 is 5.97 Å². The summed E-state index contributed by atoms with van der Waals surface area (Å²) in [4.78, 5) is 60.9. The summed E-state index contributed by atoms with van der Waals surface area (Å²) in [5, 5.41) is 26.5. The van der Waals surface area contributed by atoms with Crippen molar-refractivity contribution >= 4 is 34.6 Å². The second kappa shape index (κ2) is 17.9. The number of methoxy groups -OCH3 is 1. The zero-order valence-corrected chi connectivity index (χ0v) is 35.4. The number of aromatic nitrogens is 2. The molecular weight excluding hydrogens is 753 g/mol. The second-order valence-corrected chi connectivity index (χ2v) is 17.0. The highest BCUT2D eigenvalue weighted by molar-refractivity contribution is 5.96. The van der Waals surface area contributed by atoms with Crippen LogP contribution in [0, 0.1) is 11.3 Å². The van der Waals surface area contributed by atoms with Gasteiger partial charge in [0.2, 0.25) is 5.91 Å². The summed E-state index contributed by atoms with van der Waals surface area (Å²) in [5.74, 6) is -2.57. The number of fused-ring (bicyclic) bond motifs is 6. The zero-order valence-electron chi connectivity index (χ0n) is 35.4. The number of amides is 3. The molecule has 14 nitrogen and oxygen atoms in total. The number of cyclic esters (lactones) is 1. The van der Waals surface area contributed by atoms with E-state index in [0.717, 1.165) is 38.9 Å². The first-order chi connectivity index (χ1) is 28.0. The fourth-order valence-electron chi connectivity index (χ4n) is 8.55. The first kappa shape index (κ1) is 43.3. The van der Waals surface area contributed by atoms with E-state index in [1.165, 1.54) is 23.9 Å². The number of hydrogen-bond acceptors (Lipinski definition) is 10. The van der Waals surface area contributed by atoms with Gasteiger partial charge < -0.3 is 34.5 Å². The third-order valence-electron chi connectivity index (χ3n) is 11.3. The van der Waals surface area contributed by atoms with Gasteiger partial charge in [-0.2, -0.15) is 0 Å². The van der Waals surface area contributed by atoms with E-state index < -0.39 is 53.3 Å². The maximum Gasteiger partial charge on any atom is 0.324 e. The number of nitrogens with zero attached hydrogens (tertiary/aromatic N) is 4. The highest BCUT2D eigenvalue weighted by Crippen LogP contribution is 2.41. The number of nitrogens with one attached hydrogen (secondary N) is 2. The molecular formula is C45H58N6O8. The molecule has 1 unspecified atom stereocenters. The van der Waals surface area contributed by atoms with Crippen molar-refractivity contribution in [3.63, 3.8) is 0 Å². The molecule has 316 valence electrons. The number of hydrazine groups is 1. The number of aliphatic hydroxyl groups is 1. The topological polar surface area (TPSA) is 176 Å². The first-order valence-corrected chi connectivity index (χ1v) is 20.4. The number of benzene rings is 2. The molecule has 1 saturated heterocycles. The smallest absolute Gasteiger partial charge is 0.324 e. The number of aryl methyl sites for hydroxylation is 1. The van der Waals surface area contributed by atoms with Crippen LogP contribution < -0.4 is 10.7 Å². The maximum absolute atomic E-state index is 14.5. The predicted molar refractivity (Wildman–Crippen MR) is 224 cm³/mol. The van der Waals surface area contributed by atoms with E-state index in [-0.39, 0.29) is 31.2 Å². The molecule has 4 N–H and O–H groups in total. The Balaban J connectivity index is 1.51. The molecule has 6 rings (SSSR count). The van der Waals surface area contributed by atoms with Crippen molar-refractivity contribution in [3.8, 4) is 28.1 Å². The van der Waals surface area contributed by atoms with Crippen molar-refractivity contribution < 1.29 is 38.9 Å². The molecule has 4 aromatic rings. The molecule has 2 aromatic heterocycles. The van der Waals surface area contributed by atoms with Crippen LogP contribution in [0.15, 0.2) is 54.9 Å². The highest BCUT2D eigenvalue weighted by Gasteiger charge is 2.38. The third kappa shape index (κ3) is 9.29. The quantitative estimate of drug-likeness (QED) is 0.173. The predicted octanol–water partition coefficient (Wildman–Crippen LogP) is 4.75. The van der Waals surface area contributed by atoms with Gasteiger partial charge in [-0.05, 0) is 97.2 Å². The van der Waals surface area contributed by atoms with Gasteiger partial charge in [0.15, 0.2) is 0 Å². The summed E-state index contributed by atoms with van der Waals surface area (Å²) in [6.45, 7) is 12.6. The summed E-state index contributed by atoms with van der Waals surface area (Å²) in [6.07, 6.45) is 3.79. The standard InChI is InChI=1S/C45H58N6O8/c1-9-50-38-13-12-29-21-33(38)34(40(50)35-23-46-15-14-30(35)24-58-8)22-45(5,6)25-59-44(57)36-11-10-16-51(48-36)43(56)37(19-28-17-31(29)20-32(53)18-28)47-41(54)39(26(2)3)49(7)42(55)27(4)52/h12-15,17-18,20-21,23,26-27,36-37,39,48,52-53H,9-11,16,19,22,24-25H2,1-8H3,(H,47,54)/t27-,36-,37-,39?/m0/s1. The molecule has 4 atom stereocenters. The van der Waals surface area contributed by atoms with Crippen LogP contribution in [0.1, 0.15) is 71.1 Å². The number of likely N-dealkylation sites (N-methyl/N-ethyl adjacent to an activating group) is 1. The molecule has 4 heterocycles. The summed E-state index contributed by atoms with van der Waals surface area (Å²) < 4.78 is 13.9. The van der Waals surface area contributed by atoms with Gasteiger partial charge in [-0.3, -0.25) is 29.2 Å². The Morgan fingerprint density at radius 2 is 1.88 bits per heavy atom. The summed E-state index contributed by atoms with van der Waals surface area (Å²) in [5.41, 5.74) is 9.69. The Hall–Kier alpha value is -5.31. The zero-order chi connectivity index (χ0) is 42.8. The Morgan fingerprint density at radius 3 is 2.58 bits per heavy atom. The molecule has 14 heteroatoms. The summed E-state index contributed by atoms with van der Waals surface area (Å²) in [7, 11) is 3.12. The number of esters is 1. The number of pyridine rings is 1. The Morgan fingerprint density at radius 1 is 1.12 bits per heavy atom. The van der Waals surface area contributed by atoms with E-state index in [1.54, 1.807) is 39.3 Å². The molecule has 59 heavy (non-hydrogen) atoms. The molecule has 3 amide bonds. The number of carbonyl (C=O) groups excluding carboxylic acids is 4. The first-order valence-electron chi connectivity index (χ1n) is 20.4. The maximum atomic E-state index is 14.5. The van der Waals surface area contributed by atoms with Gasteiger partial charge in [0, 0.05) is 67.9 Å². The fraction of sp³-hybridized carbons (Fsp3) is 0.489. The average molecular weight is 811 g/mol. The average Bonchev–Trinajstić information content (AvgIpc) is 3.50. The monoisotopic (exact) mass is 810 g/mol. The molecule has 1 fully saturated rings. The van der Waals surface area contributed by atoms with Gasteiger partial charge in [-0.1, -0.05) is 39.8 Å². The van der Waals surface area contributed by atoms with Gasteiger partial charge in [0.25, 0.3) is 11.8 Å². The molecule has 0 aliphatic carbocycles. The van der Waals surface area contributed by atoms with Crippen LogP contribution in [-0.2, 0) is 54.6 Å². The van der Waals surface area contributed by atoms with E-state index in [9.17, 15) is 29.4 Å². The lowest BCUT2D eigenvalue weighted by Crippen LogP contribution is -2.62. The van der Waals surface area contributed by atoms with Crippen molar-refractivity contribution in [3.05, 3.63) is 71.5 Å². The molecule has 0 saturated carbocycles. The van der Waals surface area contributed by atoms with Gasteiger partial charge in [-0.25, -0.2) is 5.43 Å². The van der Waals surface area contributed by atoms with Crippen molar-refractivity contribution in [2.45, 2.75) is 105 Å². The van der Waals surface area contributed by atoms with Crippen LogP contribution in [0.3, 0.4) is 0 Å². The number of hydrogen-bond donors (Lipinski definition) is 4. The van der Waals surface area contributed by atoms with Crippen LogP contribution in [0.25, 0.3) is 33.3 Å². The number of aliphatic hydroxyl groups excluding tert-OH is 1. The molecule has 2 aliphatic rings. The Labute approximate surface area is 345 Å². The lowest BCUT2D eigenvalue weighted by Gasteiger charge is -2.37. The van der Waals surface area contributed by atoms with E-state index in [2.05, 4.69) is 53.2 Å². The van der Waals surface area contributed by atoms with Crippen molar-refractivity contribution in [1.29, 1.82) is 0 Å². The normalized spacial score (nSPS) is 19.5. The van der Waals surface area contributed by atoms with Crippen molar-refractivity contribution in [2.75, 3.05) is 27.3 Å². The minimum atomic E-state index is -1.33. The molecule has 2 aliphatic heterocycles. The summed E-state index contributed by atoms with van der Waals surface area (Å²) >= 11 is 0. The highest BCUT2D eigenvalue weighted by atomic mass is 16.5. The molecule has 6 bridgehead atoms. The molecule has 0 radical (unpaired) electrons. The van der Waals surface area contributed by atoms with Gasteiger partial charge in [-0.15, -0.1) is 0 Å². The van der Waals surface area contributed by atoms with Crippen molar-refractivity contribution in [1.82, 2.24) is 30.2 Å². The van der Waals surface area contributed by atoms with Crippen LogP contribution in [0.5, 0.6) is 5.75 Å². The van der Waals surface area contributed by atoms with Crippen LogP contribution in [0.2, 0.25) is 0 Å². The molecule has 2 aromatic carbocycles. The second-order valence-electron chi connectivity index (χ2n) is 17.0.